The van der Waals surface area contributed by atoms with Crippen LogP contribution < -0.4 is 5.32 Å². The van der Waals surface area contributed by atoms with Crippen molar-refractivity contribution in [3.8, 4) is 0 Å². The summed E-state index contributed by atoms with van der Waals surface area (Å²) in [6.07, 6.45) is 1.93. The number of carbonyl (C=O) groups excluding carboxylic acids is 1. The Morgan fingerprint density at radius 2 is 2.15 bits per heavy atom. The fourth-order valence-electron chi connectivity index (χ4n) is 1.95. The number of aryl methyl sites for hydroxylation is 1. The van der Waals surface area contributed by atoms with Crippen molar-refractivity contribution in [3.63, 3.8) is 0 Å². The lowest BCUT2D eigenvalue weighted by atomic mass is 10.1. The molecule has 1 aromatic rings. The maximum absolute atomic E-state index is 12.3. The van der Waals surface area contributed by atoms with Gasteiger partial charge in [0.15, 0.2) is 0 Å². The molecule has 2 N–H and O–H groups in total. The predicted octanol–water partition coefficient (Wildman–Crippen LogP) is 1.87. The van der Waals surface area contributed by atoms with Gasteiger partial charge in [-0.25, -0.2) is 0 Å². The topological polar surface area (TPSA) is 67.2 Å². The molecule has 0 aliphatic rings. The molecule has 0 fully saturated rings. The number of nitrogens with one attached hydrogen (secondary N) is 1. The summed E-state index contributed by atoms with van der Waals surface area (Å²) in [5.41, 5.74) is 1.51. The molecule has 1 rings (SSSR count). The first-order valence-electron chi connectivity index (χ1n) is 6.96. The second kappa shape index (κ2) is 7.69. The molecule has 6 heteroatoms. The van der Waals surface area contributed by atoms with Gasteiger partial charge in [0.05, 0.1) is 12.3 Å². The molecule has 0 aliphatic heterocycles. The minimum atomic E-state index is -0.133. The van der Waals surface area contributed by atoms with Gasteiger partial charge in [0.25, 0.3) is 5.91 Å². The third kappa shape index (κ3) is 3.99. The third-order valence-electron chi connectivity index (χ3n) is 3.32. The zero-order valence-electron chi connectivity index (χ0n) is 12.9. The van der Waals surface area contributed by atoms with E-state index in [2.05, 4.69) is 24.3 Å². The molecule has 1 aromatic heterocycles. The molecule has 114 valence electrons. The van der Waals surface area contributed by atoms with Crippen molar-refractivity contribution in [1.82, 2.24) is 15.1 Å². The van der Waals surface area contributed by atoms with Crippen molar-refractivity contribution in [2.45, 2.75) is 51.4 Å². The van der Waals surface area contributed by atoms with E-state index < -0.39 is 0 Å². The van der Waals surface area contributed by atoms with Crippen molar-refractivity contribution in [3.05, 3.63) is 17.5 Å². The Morgan fingerprint density at radius 1 is 1.50 bits per heavy atom. The van der Waals surface area contributed by atoms with Crippen LogP contribution >= 0.6 is 11.8 Å². The average molecular weight is 299 g/mol. The maximum atomic E-state index is 12.3. The van der Waals surface area contributed by atoms with Crippen molar-refractivity contribution >= 4 is 17.7 Å². The van der Waals surface area contributed by atoms with E-state index in [0.717, 1.165) is 5.69 Å². The minimum absolute atomic E-state index is 0.00140. The van der Waals surface area contributed by atoms with E-state index in [1.54, 1.807) is 16.4 Å². The molecule has 1 amide bonds. The molecule has 0 saturated carbocycles. The highest BCUT2D eigenvalue weighted by molar-refractivity contribution is 7.99. The van der Waals surface area contributed by atoms with Gasteiger partial charge in [0.2, 0.25) is 0 Å². The zero-order valence-corrected chi connectivity index (χ0v) is 13.7. The van der Waals surface area contributed by atoms with Crippen molar-refractivity contribution in [2.75, 3.05) is 12.9 Å². The second-order valence-corrected chi connectivity index (χ2v) is 6.22. The molecular weight excluding hydrogens is 274 g/mol. The Hall–Kier alpha value is -1.01. The molecule has 0 aliphatic carbocycles. The van der Waals surface area contributed by atoms with Gasteiger partial charge in [0, 0.05) is 17.8 Å². The lowest BCUT2D eigenvalue weighted by Crippen LogP contribution is -2.41. The fourth-order valence-corrected chi connectivity index (χ4v) is 2.58. The summed E-state index contributed by atoms with van der Waals surface area (Å²) in [4.78, 5) is 12.3. The number of hydrogen-bond acceptors (Lipinski definition) is 4. The molecule has 0 spiro atoms. The fraction of sp³-hybridized carbons (Fsp3) is 0.714. The van der Waals surface area contributed by atoms with Crippen LogP contribution in [0.15, 0.2) is 6.07 Å². The number of carbonyl (C=O) groups is 1. The van der Waals surface area contributed by atoms with Crippen LogP contribution in [0.2, 0.25) is 0 Å². The second-order valence-electron chi connectivity index (χ2n) is 5.14. The third-order valence-corrected chi connectivity index (χ3v) is 4.48. The van der Waals surface area contributed by atoms with Gasteiger partial charge in [-0.15, -0.1) is 0 Å². The zero-order chi connectivity index (χ0) is 15.3. The van der Waals surface area contributed by atoms with Crippen molar-refractivity contribution in [2.24, 2.45) is 0 Å². The smallest absolute Gasteiger partial charge is 0.269 e. The highest BCUT2D eigenvalue weighted by Crippen LogP contribution is 2.16. The van der Waals surface area contributed by atoms with E-state index in [4.69, 9.17) is 0 Å². The van der Waals surface area contributed by atoms with E-state index in [-0.39, 0.29) is 23.8 Å². The normalized spacial score (nSPS) is 14.3. The molecule has 5 nitrogen and oxygen atoms in total. The van der Waals surface area contributed by atoms with Crippen LogP contribution in [0.3, 0.4) is 0 Å². The van der Waals surface area contributed by atoms with E-state index >= 15 is 0 Å². The Morgan fingerprint density at radius 3 is 2.60 bits per heavy atom. The van der Waals surface area contributed by atoms with Gasteiger partial charge in [-0.1, -0.05) is 13.8 Å². The van der Waals surface area contributed by atoms with Crippen LogP contribution in [-0.4, -0.2) is 44.9 Å². The number of aliphatic hydroxyl groups is 1. The molecule has 1 heterocycles. The summed E-state index contributed by atoms with van der Waals surface area (Å²) in [5, 5.41) is 16.7. The van der Waals surface area contributed by atoms with E-state index in [9.17, 15) is 9.90 Å². The van der Waals surface area contributed by atoms with E-state index in [1.807, 2.05) is 26.2 Å². The summed E-state index contributed by atoms with van der Waals surface area (Å²) in [6.45, 7) is 8.70. The molecule has 2 atom stereocenters. The molecule has 0 aromatic carbocycles. The SMILES string of the molecule is CCn1nc(C(C)C)cc1C(=O)NC(C)C(CO)SC. The first-order chi connectivity index (χ1) is 9.44. The van der Waals surface area contributed by atoms with Crippen molar-refractivity contribution in [1.29, 1.82) is 0 Å². The summed E-state index contributed by atoms with van der Waals surface area (Å²) in [6, 6.07) is 1.76. The first kappa shape index (κ1) is 17.0. The number of amides is 1. The molecule has 0 saturated heterocycles. The predicted molar refractivity (Wildman–Crippen MR) is 83.3 cm³/mol. The number of thioether (sulfide) groups is 1. The highest BCUT2D eigenvalue weighted by atomic mass is 32.2. The average Bonchev–Trinajstić information content (AvgIpc) is 2.84. The number of aromatic nitrogens is 2. The molecule has 0 bridgehead atoms. The number of hydrogen-bond donors (Lipinski definition) is 2. The van der Waals surface area contributed by atoms with Crippen LogP contribution in [-0.2, 0) is 6.54 Å². The summed E-state index contributed by atoms with van der Waals surface area (Å²) in [7, 11) is 0. The van der Waals surface area contributed by atoms with E-state index in [1.165, 1.54) is 0 Å². The molecule has 2 unspecified atom stereocenters. The highest BCUT2D eigenvalue weighted by Gasteiger charge is 2.21. The Bertz CT molecular complexity index is 442. The van der Waals surface area contributed by atoms with Crippen LogP contribution in [0.4, 0.5) is 0 Å². The van der Waals surface area contributed by atoms with Gasteiger partial charge in [0.1, 0.15) is 5.69 Å². The van der Waals surface area contributed by atoms with Gasteiger partial charge >= 0.3 is 0 Å². The quantitative estimate of drug-likeness (QED) is 0.806. The van der Waals surface area contributed by atoms with Crippen LogP contribution in [0.25, 0.3) is 0 Å². The van der Waals surface area contributed by atoms with Gasteiger partial charge in [-0.2, -0.15) is 16.9 Å². The van der Waals surface area contributed by atoms with E-state index in [0.29, 0.717) is 18.2 Å². The molecule has 20 heavy (non-hydrogen) atoms. The number of nitrogens with zero attached hydrogens (tertiary/aromatic N) is 2. The maximum Gasteiger partial charge on any atom is 0.269 e. The van der Waals surface area contributed by atoms with Gasteiger partial charge in [-0.3, -0.25) is 9.48 Å². The minimum Gasteiger partial charge on any atom is -0.395 e. The lowest BCUT2D eigenvalue weighted by molar-refractivity contribution is 0.0925. The van der Waals surface area contributed by atoms with Crippen molar-refractivity contribution < 1.29 is 9.90 Å². The van der Waals surface area contributed by atoms with Crippen LogP contribution in [0.1, 0.15) is 49.8 Å². The Labute approximate surface area is 125 Å². The monoisotopic (exact) mass is 299 g/mol. The first-order valence-corrected chi connectivity index (χ1v) is 8.25. The largest absolute Gasteiger partial charge is 0.395 e. The standard InChI is InChI=1S/C14H25N3O2S/c1-6-17-12(7-11(16-17)9(2)3)14(19)15-10(4)13(8-18)20-5/h7,9-10,13,18H,6,8H2,1-5H3,(H,15,19). The van der Waals surface area contributed by atoms with Gasteiger partial charge < -0.3 is 10.4 Å². The molecular formula is C14H25N3O2S. The van der Waals surface area contributed by atoms with Gasteiger partial charge in [-0.05, 0) is 32.1 Å². The Kier molecular flexibility index (Phi) is 6.55. The summed E-state index contributed by atoms with van der Waals surface area (Å²) >= 11 is 1.55. The molecule has 0 radical (unpaired) electrons. The number of aliphatic hydroxyl groups excluding tert-OH is 1. The Balaban J connectivity index is 2.86. The summed E-state index contributed by atoms with van der Waals surface area (Å²) < 4.78 is 1.73. The lowest BCUT2D eigenvalue weighted by Gasteiger charge is -2.21. The van der Waals surface area contributed by atoms with Crippen LogP contribution in [0.5, 0.6) is 0 Å². The van der Waals surface area contributed by atoms with Crippen LogP contribution in [0, 0.1) is 0 Å². The number of rotatable bonds is 7. The summed E-state index contributed by atoms with van der Waals surface area (Å²) in [5.74, 6) is 0.161.